The van der Waals surface area contributed by atoms with E-state index in [0.29, 0.717) is 61.6 Å². The van der Waals surface area contributed by atoms with Gasteiger partial charge in [0, 0.05) is 86.2 Å². The molecule has 1 N–H and O–H groups in total. The fourth-order valence-electron chi connectivity index (χ4n) is 5.69. The van der Waals surface area contributed by atoms with Crippen LogP contribution in [0.5, 0.6) is 0 Å². The maximum atomic E-state index is 14.0. The first kappa shape index (κ1) is 31.2. The standard InChI is InChI=1S/C27H36F4N6O3S2/c1-42(39,40)36-10-6-24-22(17-36)26(33-37(24)16-21(38)15-35-8-2-7-32-18-35)19-3-4-23(27(29,30)31)25(13-19)41-12-11-34-9-5-20(28)14-34/h3-4,13,18,20-21,38H,2,5-12,14-17H2,1H3/t20-,21-/m0/s1. The van der Waals surface area contributed by atoms with Crippen LogP contribution in [-0.4, -0.2) is 114 Å². The van der Waals surface area contributed by atoms with E-state index in [4.69, 9.17) is 5.10 Å². The zero-order valence-electron chi connectivity index (χ0n) is 23.4. The Hall–Kier alpha value is -2.20. The Labute approximate surface area is 247 Å². The number of aliphatic imine (C=N–C) groups is 1. The van der Waals surface area contributed by atoms with E-state index in [1.807, 2.05) is 9.80 Å². The average molecular weight is 633 g/mol. The lowest BCUT2D eigenvalue weighted by Gasteiger charge is -2.27. The maximum Gasteiger partial charge on any atom is 0.417 e. The summed E-state index contributed by atoms with van der Waals surface area (Å²) in [5, 5.41) is 15.6. The van der Waals surface area contributed by atoms with Gasteiger partial charge in [-0.25, -0.2) is 12.8 Å². The molecule has 3 aliphatic rings. The molecular formula is C27H36F4N6O3S2. The number of sulfonamides is 1. The van der Waals surface area contributed by atoms with Crippen LogP contribution in [0.2, 0.25) is 0 Å². The number of hydrogen-bond donors (Lipinski definition) is 1. The van der Waals surface area contributed by atoms with Gasteiger partial charge in [0.1, 0.15) is 6.17 Å². The van der Waals surface area contributed by atoms with E-state index in [2.05, 4.69) is 4.99 Å². The summed E-state index contributed by atoms with van der Waals surface area (Å²) in [6.07, 6.45) is -1.70. The molecule has 5 rings (SSSR count). The van der Waals surface area contributed by atoms with E-state index < -0.39 is 34.0 Å². The highest BCUT2D eigenvalue weighted by Crippen LogP contribution is 2.40. The lowest BCUT2D eigenvalue weighted by molar-refractivity contribution is -0.139. The molecule has 1 saturated heterocycles. The third-order valence-corrected chi connectivity index (χ3v) is 10.1. The Balaban J connectivity index is 1.44. The van der Waals surface area contributed by atoms with E-state index in [1.54, 1.807) is 11.0 Å². The van der Waals surface area contributed by atoms with E-state index in [9.17, 15) is 31.1 Å². The molecule has 0 radical (unpaired) electrons. The van der Waals surface area contributed by atoms with Crippen molar-refractivity contribution in [2.75, 3.05) is 57.8 Å². The van der Waals surface area contributed by atoms with E-state index in [-0.39, 0.29) is 24.5 Å². The Morgan fingerprint density at radius 3 is 2.67 bits per heavy atom. The van der Waals surface area contributed by atoms with Gasteiger partial charge in [-0.05, 0) is 25.0 Å². The first-order valence-electron chi connectivity index (χ1n) is 14.0. The quantitative estimate of drug-likeness (QED) is 0.318. The third-order valence-electron chi connectivity index (χ3n) is 7.81. The number of fused-ring (bicyclic) bond motifs is 1. The number of rotatable bonds is 10. The number of nitrogens with zero attached hydrogens (tertiary/aromatic N) is 6. The number of thioether (sulfide) groups is 1. The molecule has 0 bridgehead atoms. The summed E-state index contributed by atoms with van der Waals surface area (Å²) in [6.45, 7) is 3.68. The Morgan fingerprint density at radius 2 is 2.00 bits per heavy atom. The predicted octanol–water partition coefficient (Wildman–Crippen LogP) is 3.12. The lowest BCUT2D eigenvalue weighted by atomic mass is 10.0. The number of aliphatic hydroxyl groups is 1. The molecule has 0 amide bonds. The van der Waals surface area contributed by atoms with E-state index in [0.717, 1.165) is 49.3 Å². The second-order valence-electron chi connectivity index (χ2n) is 11.1. The van der Waals surface area contributed by atoms with Crippen LogP contribution in [0.3, 0.4) is 0 Å². The van der Waals surface area contributed by atoms with Crippen molar-refractivity contribution in [3.05, 3.63) is 35.0 Å². The van der Waals surface area contributed by atoms with Gasteiger partial charge >= 0.3 is 6.18 Å². The molecule has 0 unspecified atom stereocenters. The van der Waals surface area contributed by atoms with Crippen molar-refractivity contribution in [3.8, 4) is 11.3 Å². The summed E-state index contributed by atoms with van der Waals surface area (Å²) < 4.78 is 83.2. The van der Waals surface area contributed by atoms with E-state index >= 15 is 0 Å². The molecule has 1 aromatic heterocycles. The van der Waals surface area contributed by atoms with Gasteiger partial charge in [-0.15, -0.1) is 11.8 Å². The van der Waals surface area contributed by atoms with Crippen LogP contribution in [0.25, 0.3) is 11.3 Å². The monoisotopic (exact) mass is 632 g/mol. The van der Waals surface area contributed by atoms with Crippen molar-refractivity contribution in [2.45, 2.75) is 55.7 Å². The first-order valence-corrected chi connectivity index (χ1v) is 16.9. The molecule has 15 heteroatoms. The maximum absolute atomic E-state index is 14.0. The number of β-amino-alcohol motifs (C(OH)–C–C–N with tert-alkyl or cyclic N) is 1. The lowest BCUT2D eigenvalue weighted by Crippen LogP contribution is -2.38. The molecule has 0 spiro atoms. The second kappa shape index (κ2) is 12.8. The van der Waals surface area contributed by atoms with Crippen LogP contribution in [0, 0.1) is 0 Å². The van der Waals surface area contributed by atoms with Crippen LogP contribution >= 0.6 is 11.8 Å². The number of benzene rings is 1. The molecule has 1 aromatic carbocycles. The minimum atomic E-state index is -4.56. The Bertz CT molecular complexity index is 1400. The number of aromatic nitrogens is 2. The van der Waals surface area contributed by atoms with Crippen molar-refractivity contribution in [2.24, 2.45) is 4.99 Å². The third kappa shape index (κ3) is 7.47. The van der Waals surface area contributed by atoms with Gasteiger partial charge in [-0.3, -0.25) is 14.6 Å². The smallest absolute Gasteiger partial charge is 0.389 e. The van der Waals surface area contributed by atoms with Crippen LogP contribution in [0.15, 0.2) is 28.1 Å². The highest BCUT2D eigenvalue weighted by Gasteiger charge is 2.35. The van der Waals surface area contributed by atoms with Gasteiger partial charge in [0.15, 0.2) is 0 Å². The molecule has 2 aromatic rings. The summed E-state index contributed by atoms with van der Waals surface area (Å²) in [7, 11) is -3.52. The number of likely N-dealkylation sites (tertiary alicyclic amines) is 1. The van der Waals surface area contributed by atoms with Gasteiger partial charge < -0.3 is 10.0 Å². The molecule has 232 valence electrons. The molecule has 2 atom stereocenters. The van der Waals surface area contributed by atoms with Gasteiger partial charge in [0.2, 0.25) is 10.0 Å². The molecule has 9 nitrogen and oxygen atoms in total. The fraction of sp³-hybridized carbons (Fsp3) is 0.630. The normalized spacial score (nSPS) is 21.2. The van der Waals surface area contributed by atoms with Gasteiger partial charge in [-0.1, -0.05) is 6.07 Å². The largest absolute Gasteiger partial charge is 0.417 e. The van der Waals surface area contributed by atoms with Crippen molar-refractivity contribution in [1.29, 1.82) is 0 Å². The molecule has 42 heavy (non-hydrogen) atoms. The van der Waals surface area contributed by atoms with Crippen molar-refractivity contribution in [1.82, 2.24) is 23.9 Å². The Morgan fingerprint density at radius 1 is 1.19 bits per heavy atom. The molecular weight excluding hydrogens is 596 g/mol. The SMILES string of the molecule is CS(=O)(=O)N1CCc2c(c(-c3ccc(C(F)(F)F)c(SCCN4CC[C@H](F)C4)c3)nn2C[C@@H](O)CN2C=NCCC2)C1. The first-order chi connectivity index (χ1) is 19.9. The summed E-state index contributed by atoms with van der Waals surface area (Å²) >= 11 is 1.07. The van der Waals surface area contributed by atoms with Crippen molar-refractivity contribution in [3.63, 3.8) is 0 Å². The van der Waals surface area contributed by atoms with Crippen molar-refractivity contribution >= 4 is 28.1 Å². The number of halogens is 4. The summed E-state index contributed by atoms with van der Waals surface area (Å²) in [5.74, 6) is 0.361. The molecule has 1 fully saturated rings. The van der Waals surface area contributed by atoms with Crippen LogP contribution in [0.4, 0.5) is 17.6 Å². The molecule has 3 aliphatic heterocycles. The topological polar surface area (TPSA) is 94.3 Å². The minimum Gasteiger partial charge on any atom is -0.389 e. The molecule has 0 aliphatic carbocycles. The summed E-state index contributed by atoms with van der Waals surface area (Å²) in [5.41, 5.74) is 1.48. The van der Waals surface area contributed by atoms with Gasteiger partial charge in [0.05, 0.1) is 36.5 Å². The summed E-state index contributed by atoms with van der Waals surface area (Å²) in [6, 6.07) is 3.87. The van der Waals surface area contributed by atoms with Gasteiger partial charge in [0.25, 0.3) is 0 Å². The highest BCUT2D eigenvalue weighted by molar-refractivity contribution is 7.99. The van der Waals surface area contributed by atoms with Crippen molar-refractivity contribution < 1.29 is 31.1 Å². The minimum absolute atomic E-state index is 0.0412. The second-order valence-corrected chi connectivity index (χ2v) is 14.2. The fourth-order valence-corrected chi connectivity index (χ4v) is 7.60. The zero-order chi connectivity index (χ0) is 30.1. The predicted molar refractivity (Wildman–Crippen MR) is 154 cm³/mol. The summed E-state index contributed by atoms with van der Waals surface area (Å²) in [4.78, 5) is 8.13. The molecule has 4 heterocycles. The number of hydrogen-bond acceptors (Lipinski definition) is 8. The van der Waals surface area contributed by atoms with Gasteiger partial charge in [-0.2, -0.15) is 22.6 Å². The average Bonchev–Trinajstić information content (AvgIpc) is 3.50. The number of alkyl halides is 4. The zero-order valence-corrected chi connectivity index (χ0v) is 25.1. The highest BCUT2D eigenvalue weighted by atomic mass is 32.2. The molecule has 0 saturated carbocycles. The Kier molecular flexibility index (Phi) is 9.52. The number of aliphatic hydroxyl groups excluding tert-OH is 1. The van der Waals surface area contributed by atoms with Crippen LogP contribution in [-0.2, 0) is 35.7 Å². The van der Waals surface area contributed by atoms with Crippen LogP contribution < -0.4 is 0 Å². The van der Waals surface area contributed by atoms with Crippen LogP contribution in [0.1, 0.15) is 29.7 Å². The van der Waals surface area contributed by atoms with E-state index in [1.165, 1.54) is 16.4 Å².